The van der Waals surface area contributed by atoms with Crippen molar-refractivity contribution in [3.05, 3.63) is 0 Å². The van der Waals surface area contributed by atoms with E-state index in [-0.39, 0.29) is 63.5 Å². The largest absolute Gasteiger partial charge is 0.480 e. The van der Waals surface area contributed by atoms with Crippen LogP contribution in [0.5, 0.6) is 0 Å². The van der Waals surface area contributed by atoms with Crippen LogP contribution in [0.1, 0.15) is 120 Å². The highest BCUT2D eigenvalue weighted by Crippen LogP contribution is 2.19. The number of amides is 6. The molecule has 0 unspecified atom stereocenters. The minimum absolute atomic E-state index is 0.0475. The van der Waals surface area contributed by atoms with Gasteiger partial charge in [0, 0.05) is 13.1 Å². The molecule has 10 atom stereocenters. The monoisotopic (exact) mass is 771 g/mol. The number of hydrogen-bond donors (Lipinski definition) is 8. The summed E-state index contributed by atoms with van der Waals surface area (Å²) in [5.74, 6) is -6.54. The Bertz CT molecular complexity index is 1150. The fraction of sp³-hybridized carbons (Fsp3) is 0.811. The van der Waals surface area contributed by atoms with E-state index in [0.29, 0.717) is 25.7 Å². The number of carboxylic acid groups (broad SMARTS) is 2. The number of rotatable bonds is 26. The second-order valence-corrected chi connectivity index (χ2v) is 14.7. The molecule has 12 N–H and O–H groups in total. The number of unbranched alkanes of at least 4 members (excludes halogenated alkanes) is 2. The molecule has 0 aliphatic carbocycles. The normalized spacial score (nSPS) is 17.0. The highest BCUT2D eigenvalue weighted by atomic mass is 16.4. The Morgan fingerprint density at radius 2 is 0.815 bits per heavy atom. The van der Waals surface area contributed by atoms with E-state index in [1.807, 2.05) is 27.7 Å². The van der Waals surface area contributed by atoms with Crippen molar-refractivity contribution in [1.29, 1.82) is 0 Å². The van der Waals surface area contributed by atoms with Gasteiger partial charge in [0.15, 0.2) is 0 Å². The van der Waals surface area contributed by atoms with Gasteiger partial charge < -0.3 is 43.8 Å². The van der Waals surface area contributed by atoms with Gasteiger partial charge in [-0.1, -0.05) is 81.1 Å². The highest BCUT2D eigenvalue weighted by Gasteiger charge is 2.40. The van der Waals surface area contributed by atoms with Crippen LogP contribution in [0.25, 0.3) is 0 Å². The maximum absolute atomic E-state index is 14.7. The molecule has 0 rings (SSSR count). The Balaban J connectivity index is 7.11. The summed E-state index contributed by atoms with van der Waals surface area (Å²) >= 11 is 0. The Kier molecular flexibility index (Phi) is 23.7. The van der Waals surface area contributed by atoms with E-state index in [0.717, 1.165) is 9.80 Å². The van der Waals surface area contributed by atoms with Crippen LogP contribution in [0.3, 0.4) is 0 Å². The third-order valence-corrected chi connectivity index (χ3v) is 10.6. The molecule has 0 aromatic heterocycles. The van der Waals surface area contributed by atoms with Crippen LogP contribution in [0.2, 0.25) is 0 Å². The summed E-state index contributed by atoms with van der Waals surface area (Å²) in [5.41, 5.74) is 23.8. The minimum atomic E-state index is -1.22. The van der Waals surface area contributed by atoms with Gasteiger partial charge in [-0.2, -0.15) is 0 Å². The molecule has 0 spiro atoms. The fourth-order valence-corrected chi connectivity index (χ4v) is 5.49. The third-order valence-electron chi connectivity index (χ3n) is 10.6. The summed E-state index contributed by atoms with van der Waals surface area (Å²) in [6.07, 6.45) is 2.82. The van der Waals surface area contributed by atoms with Crippen molar-refractivity contribution < 1.29 is 43.8 Å². The number of imide groups is 2. The first-order chi connectivity index (χ1) is 25.2. The lowest BCUT2D eigenvalue weighted by atomic mass is 9.94. The molecule has 0 radical (unpaired) electrons. The second-order valence-electron chi connectivity index (χ2n) is 14.7. The number of carbonyl (C=O) groups excluding carboxylic acids is 5. The zero-order valence-corrected chi connectivity index (χ0v) is 33.7. The molecular weight excluding hydrogens is 700 g/mol. The van der Waals surface area contributed by atoms with Crippen LogP contribution in [0.15, 0.2) is 0 Å². The summed E-state index contributed by atoms with van der Waals surface area (Å²) in [6.45, 7) is 13.9. The smallest absolute Gasteiger partial charge is 0.333 e. The van der Waals surface area contributed by atoms with E-state index >= 15 is 0 Å². The van der Waals surface area contributed by atoms with Gasteiger partial charge in [-0.3, -0.25) is 38.6 Å². The van der Waals surface area contributed by atoms with Gasteiger partial charge in [0.2, 0.25) is 11.8 Å². The molecular formula is C37H70N8O9. The lowest BCUT2D eigenvalue weighted by Crippen LogP contribution is -2.62. The number of nitrogens with two attached hydrogens (primary N) is 4. The molecule has 17 heteroatoms. The average Bonchev–Trinajstić information content (AvgIpc) is 3.15. The summed E-state index contributed by atoms with van der Waals surface area (Å²) in [7, 11) is 0. The highest BCUT2D eigenvalue weighted by molar-refractivity contribution is 6.06. The van der Waals surface area contributed by atoms with Crippen molar-refractivity contribution in [3.63, 3.8) is 0 Å². The van der Waals surface area contributed by atoms with E-state index < -0.39 is 89.7 Å². The first kappa shape index (κ1) is 50.3. The number of nitrogens with zero attached hydrogens (tertiary/aromatic N) is 2. The Morgan fingerprint density at radius 3 is 1.07 bits per heavy atom. The number of carboxylic acids is 2. The van der Waals surface area contributed by atoms with Crippen molar-refractivity contribution in [2.75, 3.05) is 13.1 Å². The van der Waals surface area contributed by atoms with Crippen LogP contribution < -0.4 is 33.6 Å². The maximum atomic E-state index is 14.7. The lowest BCUT2D eigenvalue weighted by molar-refractivity contribution is -0.140. The average molecular weight is 771 g/mol. The van der Waals surface area contributed by atoms with Gasteiger partial charge in [0.1, 0.15) is 24.2 Å². The van der Waals surface area contributed by atoms with E-state index in [9.17, 15) is 43.8 Å². The first-order valence-corrected chi connectivity index (χ1v) is 19.5. The molecule has 6 amide bonds. The molecule has 0 heterocycles. The standard InChI is InChI=1S/C37H70N8O9/c1-9-21(5)27(40)31(46)42-29(23(7)11-3)33(48)44(19-15-13-17-25(38)35(50)51)37(54)45(20-16-14-18-26(39)36(52)53)34(49)30(24(8)12-4)43-32(47)28(41)22(6)10-2/h21-30H,9-20,38-41H2,1-8H3,(H,42,46)(H,43,47)(H,50,51)(H,52,53)/t21-,22-,23-,24-,25-,26-,27-,28-,29-,30-/m0/s1. The van der Waals surface area contributed by atoms with Gasteiger partial charge in [-0.05, 0) is 62.2 Å². The Hall–Kier alpha value is -3.67. The third kappa shape index (κ3) is 16.0. The van der Waals surface area contributed by atoms with Gasteiger partial charge in [-0.15, -0.1) is 0 Å². The molecule has 0 fully saturated rings. The SMILES string of the molecule is CC[C@H](C)[C@H](N)C(=O)N[C@H](C(=O)N(CCCC[C@H](N)C(=O)O)C(=O)N(CCCC[C@H](N)C(=O)O)C(=O)[C@@H](NC(=O)[C@@H](N)[C@@H](C)CC)[C@@H](C)CC)[C@@H](C)CC. The first-order valence-electron chi connectivity index (χ1n) is 19.5. The van der Waals surface area contributed by atoms with Crippen LogP contribution in [-0.4, -0.2) is 111 Å². The summed E-state index contributed by atoms with van der Waals surface area (Å²) in [4.78, 5) is 94.7. The number of hydrogen-bond acceptors (Lipinski definition) is 11. The maximum Gasteiger partial charge on any atom is 0.333 e. The molecule has 54 heavy (non-hydrogen) atoms. The van der Waals surface area contributed by atoms with Crippen molar-refractivity contribution >= 4 is 41.6 Å². The van der Waals surface area contributed by atoms with Crippen molar-refractivity contribution in [3.8, 4) is 0 Å². The number of nitrogens with one attached hydrogen (secondary N) is 2. The summed E-state index contributed by atoms with van der Waals surface area (Å²) < 4.78 is 0. The van der Waals surface area contributed by atoms with Crippen LogP contribution in [-0.2, 0) is 28.8 Å². The van der Waals surface area contributed by atoms with Crippen molar-refractivity contribution in [2.45, 2.75) is 156 Å². The van der Waals surface area contributed by atoms with Gasteiger partial charge in [0.25, 0.3) is 11.8 Å². The van der Waals surface area contributed by atoms with Crippen LogP contribution in [0, 0.1) is 23.7 Å². The quantitative estimate of drug-likeness (QED) is 0.0582. The van der Waals surface area contributed by atoms with E-state index in [1.54, 1.807) is 27.7 Å². The van der Waals surface area contributed by atoms with Crippen molar-refractivity contribution in [2.24, 2.45) is 46.6 Å². The van der Waals surface area contributed by atoms with Gasteiger partial charge in [-0.25, -0.2) is 4.79 Å². The molecule has 17 nitrogen and oxygen atoms in total. The van der Waals surface area contributed by atoms with Gasteiger partial charge >= 0.3 is 18.0 Å². The topological polar surface area (TPSA) is 295 Å². The lowest BCUT2D eigenvalue weighted by Gasteiger charge is -2.36. The molecule has 312 valence electrons. The van der Waals surface area contributed by atoms with E-state index in [2.05, 4.69) is 10.6 Å². The zero-order valence-electron chi connectivity index (χ0n) is 33.7. The summed E-state index contributed by atoms with van der Waals surface area (Å²) in [5, 5.41) is 24.0. The summed E-state index contributed by atoms with van der Waals surface area (Å²) in [6, 6.07) is -7.66. The molecule has 0 aliphatic heterocycles. The van der Waals surface area contributed by atoms with E-state index in [4.69, 9.17) is 22.9 Å². The zero-order chi connectivity index (χ0) is 41.9. The molecule has 0 saturated heterocycles. The van der Waals surface area contributed by atoms with Crippen LogP contribution in [0.4, 0.5) is 4.79 Å². The molecule has 0 bridgehead atoms. The predicted octanol–water partition coefficient (Wildman–Crippen LogP) is 1.74. The minimum Gasteiger partial charge on any atom is -0.480 e. The van der Waals surface area contributed by atoms with Gasteiger partial charge in [0.05, 0.1) is 12.1 Å². The number of urea groups is 1. The van der Waals surface area contributed by atoms with E-state index in [1.165, 1.54) is 0 Å². The molecule has 0 aliphatic rings. The number of carbonyl (C=O) groups is 7. The fourth-order valence-electron chi connectivity index (χ4n) is 5.49. The Labute approximate surface area is 321 Å². The predicted molar refractivity (Wildman–Crippen MR) is 205 cm³/mol. The Morgan fingerprint density at radius 1 is 0.519 bits per heavy atom. The molecule has 0 saturated carbocycles. The number of aliphatic carboxylic acids is 2. The van der Waals surface area contributed by atoms with Crippen molar-refractivity contribution in [1.82, 2.24) is 20.4 Å². The second kappa shape index (κ2) is 25.4. The molecule has 0 aromatic rings. The molecule has 0 aromatic carbocycles. The van der Waals surface area contributed by atoms with Crippen LogP contribution >= 0.6 is 0 Å².